The molecule has 1 rings (SSSR count). The fourth-order valence-electron chi connectivity index (χ4n) is 0.688. The molecule has 0 spiro atoms. The molecule has 4 nitrogen and oxygen atoms in total. The van der Waals surface area contributed by atoms with Gasteiger partial charge in [-0.2, -0.15) is 0 Å². The van der Waals surface area contributed by atoms with Gasteiger partial charge in [-0.3, -0.25) is 14.6 Å². The summed E-state index contributed by atoms with van der Waals surface area (Å²) in [5.74, 6) is -0.426. The van der Waals surface area contributed by atoms with E-state index >= 15 is 0 Å². The van der Waals surface area contributed by atoms with Crippen molar-refractivity contribution in [1.82, 2.24) is 0 Å². The van der Waals surface area contributed by atoms with E-state index in [0.29, 0.717) is 0 Å². The topological polar surface area (TPSA) is 63.6 Å². The third-order valence-corrected chi connectivity index (χ3v) is 1.23. The van der Waals surface area contributed by atoms with E-state index in [9.17, 15) is 4.79 Å². The summed E-state index contributed by atoms with van der Waals surface area (Å²) >= 11 is 0. The monoisotopic (exact) mass is 211 g/mol. The van der Waals surface area contributed by atoms with Crippen molar-refractivity contribution in [2.75, 3.05) is 0 Å². The van der Waals surface area contributed by atoms with E-state index in [0.717, 1.165) is 18.4 Å². The lowest BCUT2D eigenvalue weighted by molar-refractivity contribution is -0.128. The average Bonchev–Trinajstić information content (AvgIpc) is 2.52. The van der Waals surface area contributed by atoms with E-state index in [1.165, 1.54) is 19.6 Å². The van der Waals surface area contributed by atoms with Crippen molar-refractivity contribution in [3.63, 3.8) is 0 Å². The van der Waals surface area contributed by atoms with Crippen molar-refractivity contribution < 1.29 is 14.4 Å². The normalized spacial score (nSPS) is 12.0. The molecule has 0 saturated carbocycles. The third-order valence-electron chi connectivity index (χ3n) is 1.23. The maximum Gasteiger partial charge on any atom is 0.192 e. The van der Waals surface area contributed by atoms with Crippen molar-refractivity contribution >= 4 is 24.1 Å². The quantitative estimate of drug-likeness (QED) is 0.490. The minimum absolute atomic E-state index is 0.278. The van der Waals surface area contributed by atoms with Crippen LogP contribution >= 0.6 is 0 Å². The number of hydrogen-bond donors (Lipinski definition) is 0. The van der Waals surface area contributed by atoms with Crippen molar-refractivity contribution in [3.05, 3.63) is 11.8 Å². The highest BCUT2D eigenvalue weighted by molar-refractivity contribution is 6.23. The predicted octanol–water partition coefficient (Wildman–Crippen LogP) is 1.73. The van der Waals surface area contributed by atoms with Crippen molar-refractivity contribution in [2.24, 2.45) is 4.99 Å². The molecule has 0 N–H and O–H groups in total. The van der Waals surface area contributed by atoms with Gasteiger partial charge in [0.05, 0.1) is 0 Å². The summed E-state index contributed by atoms with van der Waals surface area (Å²) in [7, 11) is 0. The minimum atomic E-state index is -0.426. The van der Waals surface area contributed by atoms with Crippen LogP contribution in [0.1, 0.15) is 34.1 Å². The number of ketones is 1. The maximum absolute atomic E-state index is 9.44. The Morgan fingerprint density at radius 2 is 1.80 bits per heavy atom. The predicted molar refractivity (Wildman–Crippen MR) is 60.0 cm³/mol. The molecule has 15 heavy (non-hydrogen) atoms. The first kappa shape index (κ1) is 15.9. The van der Waals surface area contributed by atoms with Crippen LogP contribution in [0.25, 0.3) is 0 Å². The zero-order valence-electron chi connectivity index (χ0n) is 9.61. The van der Waals surface area contributed by atoms with Gasteiger partial charge in [-0.25, -0.2) is 0 Å². The van der Waals surface area contributed by atoms with Crippen LogP contribution in [0.3, 0.4) is 0 Å². The summed E-state index contributed by atoms with van der Waals surface area (Å²) < 4.78 is 0. The van der Waals surface area contributed by atoms with E-state index in [4.69, 9.17) is 9.59 Å². The summed E-state index contributed by atoms with van der Waals surface area (Å²) in [5, 5.41) is 0. The minimum Gasteiger partial charge on any atom is -0.304 e. The van der Waals surface area contributed by atoms with Crippen LogP contribution in [-0.4, -0.2) is 24.1 Å². The highest BCUT2D eigenvalue weighted by atomic mass is 16.2. The highest BCUT2D eigenvalue weighted by Crippen LogP contribution is 2.07. The van der Waals surface area contributed by atoms with Gasteiger partial charge in [0.1, 0.15) is 6.29 Å². The Balaban J connectivity index is 0. The molecule has 84 valence electrons. The fourth-order valence-corrected chi connectivity index (χ4v) is 0.688. The lowest BCUT2D eigenvalue weighted by Crippen LogP contribution is -1.85. The molecular weight excluding hydrogens is 194 g/mol. The molecule has 0 unspecified atom stereocenters. The largest absolute Gasteiger partial charge is 0.304 e. The molecule has 0 radical (unpaired) electrons. The second kappa shape index (κ2) is 10.5. The Kier molecular flexibility index (Phi) is 11.1. The zero-order valence-corrected chi connectivity index (χ0v) is 9.61. The first-order valence-electron chi connectivity index (χ1n) is 4.54. The molecule has 1 aliphatic rings. The average molecular weight is 211 g/mol. The van der Waals surface area contributed by atoms with Crippen LogP contribution in [0.2, 0.25) is 0 Å². The third kappa shape index (κ3) is 15.2. The molecule has 1 aliphatic heterocycles. The number of allylic oxidation sites excluding steroid dienone is 2. The van der Waals surface area contributed by atoms with Crippen LogP contribution in [0.15, 0.2) is 16.8 Å². The number of Topliss-reactive ketones (excluding diaryl/α,β-unsaturated/α-hetero) is 1. The van der Waals surface area contributed by atoms with Crippen molar-refractivity contribution in [1.29, 1.82) is 0 Å². The van der Waals surface area contributed by atoms with Crippen molar-refractivity contribution in [3.8, 4) is 0 Å². The Labute approximate surface area is 90.1 Å². The Morgan fingerprint density at radius 3 is 1.87 bits per heavy atom. The molecule has 0 aromatic rings. The Hall–Kier alpha value is -1.58. The van der Waals surface area contributed by atoms with Gasteiger partial charge in [-0.05, 0) is 20.8 Å². The highest BCUT2D eigenvalue weighted by Gasteiger charge is 1.95. The van der Waals surface area contributed by atoms with Gasteiger partial charge in [0.2, 0.25) is 0 Å². The van der Waals surface area contributed by atoms with E-state index in [2.05, 4.69) is 11.1 Å². The van der Waals surface area contributed by atoms with E-state index in [1.54, 1.807) is 0 Å². The number of aliphatic imine (C=N–C) groups is 1. The molecule has 0 saturated heterocycles. The number of hydrogen-bond acceptors (Lipinski definition) is 4. The molecule has 4 heteroatoms. The van der Waals surface area contributed by atoms with Gasteiger partial charge in [-0.15, -0.1) is 0 Å². The molecule has 0 aliphatic carbocycles. The van der Waals surface area contributed by atoms with Crippen LogP contribution in [0.4, 0.5) is 0 Å². The SMILES string of the molecule is CC(=O)C=O.CC1=CCC(C)=N1.CC=O. The lowest BCUT2D eigenvalue weighted by atomic mass is 10.3. The molecule has 0 amide bonds. The van der Waals surface area contributed by atoms with Crippen LogP contribution in [0.5, 0.6) is 0 Å². The van der Waals surface area contributed by atoms with Crippen LogP contribution in [-0.2, 0) is 14.4 Å². The van der Waals surface area contributed by atoms with Crippen molar-refractivity contribution in [2.45, 2.75) is 34.1 Å². The van der Waals surface area contributed by atoms with Gasteiger partial charge in [0.15, 0.2) is 12.1 Å². The molecule has 1 heterocycles. The molecule has 0 atom stereocenters. The fraction of sp³-hybridized carbons (Fsp3) is 0.455. The Morgan fingerprint density at radius 1 is 1.40 bits per heavy atom. The smallest absolute Gasteiger partial charge is 0.192 e. The molecule has 0 aromatic carbocycles. The summed E-state index contributed by atoms with van der Waals surface area (Å²) in [6.45, 7) is 6.73. The molecule has 0 aromatic heterocycles. The van der Waals surface area contributed by atoms with Gasteiger partial charge in [0.25, 0.3) is 0 Å². The summed E-state index contributed by atoms with van der Waals surface area (Å²) in [6.07, 6.45) is 4.22. The summed E-state index contributed by atoms with van der Waals surface area (Å²) in [4.78, 5) is 31.6. The van der Waals surface area contributed by atoms with Crippen LogP contribution in [0, 0.1) is 0 Å². The maximum atomic E-state index is 9.44. The van der Waals surface area contributed by atoms with Gasteiger partial charge < -0.3 is 4.79 Å². The number of aldehydes is 2. The first-order chi connectivity index (χ1) is 6.97. The lowest BCUT2D eigenvalue weighted by Gasteiger charge is -1.79. The van der Waals surface area contributed by atoms with E-state index in [-0.39, 0.29) is 6.29 Å². The van der Waals surface area contributed by atoms with Crippen LogP contribution < -0.4 is 0 Å². The number of carbonyl (C=O) groups excluding carboxylic acids is 3. The summed E-state index contributed by atoms with van der Waals surface area (Å²) in [5.41, 5.74) is 2.40. The molecular formula is C11H17NO3. The zero-order chi connectivity index (χ0) is 12.3. The first-order valence-corrected chi connectivity index (χ1v) is 4.54. The van der Waals surface area contributed by atoms with E-state index in [1.807, 2.05) is 13.8 Å². The van der Waals surface area contributed by atoms with E-state index < -0.39 is 5.78 Å². The van der Waals surface area contributed by atoms with Gasteiger partial charge >= 0.3 is 0 Å². The number of carbonyl (C=O) groups is 3. The number of rotatable bonds is 1. The second-order valence-electron chi connectivity index (χ2n) is 2.86. The second-order valence-corrected chi connectivity index (χ2v) is 2.86. The molecule has 0 fully saturated rings. The molecule has 0 bridgehead atoms. The van der Waals surface area contributed by atoms with Gasteiger partial charge in [-0.1, -0.05) is 6.08 Å². The van der Waals surface area contributed by atoms with Gasteiger partial charge in [0, 0.05) is 24.8 Å². The number of nitrogens with zero attached hydrogens (tertiary/aromatic N) is 1. The summed E-state index contributed by atoms with van der Waals surface area (Å²) in [6, 6.07) is 0. The standard InChI is InChI=1S/C6H9N.C3H4O2.C2H4O/c1-5-3-4-6(2)7-5;1-3(5)2-4;1-2-3/h3H,4H2,1-2H3;2H,1H3;2H,1H3. The Bertz CT molecular complexity index is 278.